The summed E-state index contributed by atoms with van der Waals surface area (Å²) in [5.74, 6) is 3.08. The summed E-state index contributed by atoms with van der Waals surface area (Å²) < 4.78 is 22.6. The molecule has 1 aromatic heterocycles. The lowest BCUT2D eigenvalue weighted by atomic mass is 9.94. The summed E-state index contributed by atoms with van der Waals surface area (Å²) in [4.78, 5) is 0. The zero-order valence-electron chi connectivity index (χ0n) is 14.8. The molecule has 0 bridgehead atoms. The number of aromatic nitrogens is 2. The lowest BCUT2D eigenvalue weighted by Crippen LogP contribution is -2.18. The van der Waals surface area contributed by atoms with Gasteiger partial charge < -0.3 is 18.6 Å². The number of hydrogen-bond acceptors (Lipinski definition) is 6. The highest BCUT2D eigenvalue weighted by atomic mass is 16.5. The van der Waals surface area contributed by atoms with Gasteiger partial charge in [0.2, 0.25) is 11.8 Å². The van der Waals surface area contributed by atoms with Crippen LogP contribution in [-0.2, 0) is 4.74 Å². The molecule has 2 fully saturated rings. The number of nitrogens with zero attached hydrogens (tertiary/aromatic N) is 2. The Labute approximate surface area is 147 Å². The Hall–Kier alpha value is -2.08. The fourth-order valence-electron chi connectivity index (χ4n) is 3.65. The summed E-state index contributed by atoms with van der Waals surface area (Å²) in [6.45, 7) is 4.42. The van der Waals surface area contributed by atoms with E-state index < -0.39 is 0 Å². The second-order valence-electron chi connectivity index (χ2n) is 6.89. The van der Waals surface area contributed by atoms with Crippen LogP contribution >= 0.6 is 0 Å². The van der Waals surface area contributed by atoms with Crippen LogP contribution in [0.15, 0.2) is 22.6 Å². The molecule has 6 heteroatoms. The largest absolute Gasteiger partial charge is 0.493 e. The second-order valence-corrected chi connectivity index (χ2v) is 6.89. The van der Waals surface area contributed by atoms with Gasteiger partial charge in [0.05, 0.1) is 13.7 Å². The molecule has 0 radical (unpaired) electrons. The van der Waals surface area contributed by atoms with Crippen molar-refractivity contribution in [1.82, 2.24) is 10.2 Å². The molecule has 6 nitrogen and oxygen atoms in total. The third kappa shape index (κ3) is 3.11. The van der Waals surface area contributed by atoms with Crippen molar-refractivity contribution < 1.29 is 18.6 Å². The minimum atomic E-state index is 0.331. The molecule has 1 atom stereocenters. The van der Waals surface area contributed by atoms with Crippen LogP contribution in [0.5, 0.6) is 11.5 Å². The lowest BCUT2D eigenvalue weighted by molar-refractivity contribution is 0.0547. The zero-order chi connectivity index (χ0) is 17.3. The highest BCUT2D eigenvalue weighted by molar-refractivity contribution is 5.59. The minimum absolute atomic E-state index is 0.331. The van der Waals surface area contributed by atoms with E-state index in [2.05, 4.69) is 17.1 Å². The quantitative estimate of drug-likeness (QED) is 0.794. The molecule has 25 heavy (non-hydrogen) atoms. The fraction of sp³-hybridized carbons (Fsp3) is 0.579. The number of benzene rings is 1. The second kappa shape index (κ2) is 6.67. The summed E-state index contributed by atoms with van der Waals surface area (Å²) >= 11 is 0. The number of hydrogen-bond donors (Lipinski definition) is 0. The predicted molar refractivity (Wildman–Crippen MR) is 91.9 cm³/mol. The fourth-order valence-corrected chi connectivity index (χ4v) is 3.65. The topological polar surface area (TPSA) is 66.6 Å². The number of rotatable bonds is 6. The van der Waals surface area contributed by atoms with Gasteiger partial charge in [-0.1, -0.05) is 6.92 Å². The van der Waals surface area contributed by atoms with E-state index >= 15 is 0 Å². The molecule has 2 aliphatic rings. The smallest absolute Gasteiger partial charge is 0.247 e. The maximum atomic E-state index is 5.98. The van der Waals surface area contributed by atoms with Crippen molar-refractivity contribution in [2.24, 2.45) is 5.41 Å². The maximum Gasteiger partial charge on any atom is 0.247 e. The molecular weight excluding hydrogens is 320 g/mol. The Morgan fingerprint density at radius 2 is 2.04 bits per heavy atom. The van der Waals surface area contributed by atoms with Crippen molar-refractivity contribution in [2.45, 2.75) is 38.5 Å². The van der Waals surface area contributed by atoms with Crippen molar-refractivity contribution in [3.05, 3.63) is 24.1 Å². The standard InChI is InChI=1S/C19H24N2O4/c1-3-8-24-15-5-4-13(11-16(15)22-2)17-20-21-18(25-17)14-12-19(14)6-9-23-10-7-19/h4-5,11,14H,3,6-10,12H2,1-2H3/t14-/m1/s1. The number of ether oxygens (including phenoxy) is 3. The van der Waals surface area contributed by atoms with Gasteiger partial charge >= 0.3 is 0 Å². The van der Waals surface area contributed by atoms with E-state index in [0.29, 0.717) is 29.6 Å². The first-order valence-corrected chi connectivity index (χ1v) is 8.98. The van der Waals surface area contributed by atoms with Gasteiger partial charge in [-0.3, -0.25) is 0 Å². The van der Waals surface area contributed by atoms with Gasteiger partial charge in [-0.25, -0.2) is 0 Å². The molecular formula is C19H24N2O4. The average Bonchev–Trinajstić information content (AvgIpc) is 3.12. The molecule has 4 rings (SSSR count). The first kappa shape index (κ1) is 16.4. The molecule has 2 aromatic rings. The highest BCUT2D eigenvalue weighted by Gasteiger charge is 2.57. The van der Waals surface area contributed by atoms with Crippen LogP contribution in [0.2, 0.25) is 0 Å². The maximum absolute atomic E-state index is 5.98. The monoisotopic (exact) mass is 344 g/mol. The van der Waals surface area contributed by atoms with Crippen molar-refractivity contribution in [3.8, 4) is 23.0 Å². The minimum Gasteiger partial charge on any atom is -0.493 e. The summed E-state index contributed by atoms with van der Waals surface area (Å²) in [6, 6.07) is 5.71. The highest BCUT2D eigenvalue weighted by Crippen LogP contribution is 2.64. The predicted octanol–water partition coefficient (Wildman–Crippen LogP) is 3.82. The molecule has 1 spiro atoms. The van der Waals surface area contributed by atoms with E-state index in [0.717, 1.165) is 56.1 Å². The molecule has 134 valence electrons. The Morgan fingerprint density at radius 1 is 1.20 bits per heavy atom. The molecule has 1 aromatic carbocycles. The Bertz CT molecular complexity index is 737. The normalized spacial score (nSPS) is 21.3. The van der Waals surface area contributed by atoms with Gasteiger partial charge in [0, 0.05) is 24.7 Å². The third-order valence-corrected chi connectivity index (χ3v) is 5.29. The van der Waals surface area contributed by atoms with Gasteiger partial charge in [0.25, 0.3) is 0 Å². The first-order chi connectivity index (χ1) is 12.3. The van der Waals surface area contributed by atoms with Crippen LogP contribution in [0.4, 0.5) is 0 Å². The van der Waals surface area contributed by atoms with E-state index in [1.165, 1.54) is 0 Å². The Kier molecular flexibility index (Phi) is 4.37. The van der Waals surface area contributed by atoms with Crippen LogP contribution in [-0.4, -0.2) is 37.1 Å². The average molecular weight is 344 g/mol. The van der Waals surface area contributed by atoms with Crippen molar-refractivity contribution in [2.75, 3.05) is 26.9 Å². The van der Waals surface area contributed by atoms with Gasteiger partial charge in [-0.05, 0) is 49.3 Å². The van der Waals surface area contributed by atoms with Gasteiger partial charge in [-0.15, -0.1) is 10.2 Å². The Balaban J connectivity index is 1.52. The van der Waals surface area contributed by atoms with Gasteiger partial charge in [0.1, 0.15) is 0 Å². The SMILES string of the molecule is CCCOc1ccc(-c2nnc([C@H]3CC34CCOCC4)o2)cc1OC. The van der Waals surface area contributed by atoms with Crippen LogP contribution < -0.4 is 9.47 Å². The third-order valence-electron chi connectivity index (χ3n) is 5.29. The summed E-state index contributed by atoms with van der Waals surface area (Å²) in [5.41, 5.74) is 1.18. The van der Waals surface area contributed by atoms with Crippen molar-refractivity contribution in [1.29, 1.82) is 0 Å². The zero-order valence-corrected chi connectivity index (χ0v) is 14.8. The van der Waals surface area contributed by atoms with Crippen LogP contribution in [0.3, 0.4) is 0 Å². The molecule has 1 saturated carbocycles. The molecule has 1 aliphatic heterocycles. The van der Waals surface area contributed by atoms with Gasteiger partial charge in [0.15, 0.2) is 11.5 Å². The van der Waals surface area contributed by atoms with Crippen LogP contribution in [0, 0.1) is 5.41 Å². The summed E-state index contributed by atoms with van der Waals surface area (Å²) in [6.07, 6.45) is 4.26. The first-order valence-electron chi connectivity index (χ1n) is 8.98. The van der Waals surface area contributed by atoms with E-state index in [-0.39, 0.29) is 0 Å². The van der Waals surface area contributed by atoms with Gasteiger partial charge in [-0.2, -0.15) is 0 Å². The Morgan fingerprint density at radius 3 is 2.80 bits per heavy atom. The van der Waals surface area contributed by atoms with E-state index in [9.17, 15) is 0 Å². The molecule has 0 unspecified atom stereocenters. The number of methoxy groups -OCH3 is 1. The van der Waals surface area contributed by atoms with Crippen LogP contribution in [0.1, 0.15) is 44.4 Å². The van der Waals surface area contributed by atoms with Crippen molar-refractivity contribution in [3.63, 3.8) is 0 Å². The van der Waals surface area contributed by atoms with Crippen LogP contribution in [0.25, 0.3) is 11.5 Å². The van der Waals surface area contributed by atoms with Crippen molar-refractivity contribution >= 4 is 0 Å². The molecule has 1 saturated heterocycles. The lowest BCUT2D eigenvalue weighted by Gasteiger charge is -2.21. The molecule has 2 heterocycles. The molecule has 1 aliphatic carbocycles. The summed E-state index contributed by atoms with van der Waals surface area (Å²) in [5, 5.41) is 8.55. The molecule has 0 N–H and O–H groups in total. The van der Waals surface area contributed by atoms with E-state index in [1.807, 2.05) is 18.2 Å². The molecule has 0 amide bonds. The van der Waals surface area contributed by atoms with E-state index in [4.69, 9.17) is 18.6 Å². The van der Waals surface area contributed by atoms with E-state index in [1.54, 1.807) is 7.11 Å². The summed E-state index contributed by atoms with van der Waals surface area (Å²) in [7, 11) is 1.64.